The Labute approximate surface area is 91.3 Å². The molecule has 0 aromatic carbocycles. The lowest BCUT2D eigenvalue weighted by molar-refractivity contribution is -0.146. The van der Waals surface area contributed by atoms with Crippen LogP contribution in [0.25, 0.3) is 0 Å². The number of ether oxygens (including phenoxy) is 2. The van der Waals surface area contributed by atoms with E-state index in [4.69, 9.17) is 9.47 Å². The van der Waals surface area contributed by atoms with E-state index in [0.717, 1.165) is 19.6 Å². The summed E-state index contributed by atoms with van der Waals surface area (Å²) in [6.07, 6.45) is 1.35. The van der Waals surface area contributed by atoms with Crippen LogP contribution in [0.4, 0.5) is 0 Å². The SMILES string of the molecule is CC(C)OC(=O)CNCC1CCOC1C. The van der Waals surface area contributed by atoms with Gasteiger partial charge < -0.3 is 14.8 Å². The van der Waals surface area contributed by atoms with E-state index in [0.29, 0.717) is 18.6 Å². The van der Waals surface area contributed by atoms with Crippen molar-refractivity contribution in [2.24, 2.45) is 5.92 Å². The van der Waals surface area contributed by atoms with Crippen molar-refractivity contribution in [1.29, 1.82) is 0 Å². The van der Waals surface area contributed by atoms with E-state index >= 15 is 0 Å². The molecule has 1 aliphatic heterocycles. The first-order valence-corrected chi connectivity index (χ1v) is 5.61. The molecule has 1 rings (SSSR count). The molecular formula is C11H21NO3. The van der Waals surface area contributed by atoms with Crippen molar-refractivity contribution < 1.29 is 14.3 Å². The first kappa shape index (κ1) is 12.5. The molecule has 4 nitrogen and oxygen atoms in total. The van der Waals surface area contributed by atoms with Crippen molar-refractivity contribution in [2.75, 3.05) is 19.7 Å². The Balaban J connectivity index is 2.08. The summed E-state index contributed by atoms with van der Waals surface area (Å²) in [5.41, 5.74) is 0. The number of carbonyl (C=O) groups is 1. The van der Waals surface area contributed by atoms with Crippen LogP contribution in [0.1, 0.15) is 27.2 Å². The van der Waals surface area contributed by atoms with E-state index in [-0.39, 0.29) is 12.1 Å². The van der Waals surface area contributed by atoms with Gasteiger partial charge in [0.05, 0.1) is 18.8 Å². The van der Waals surface area contributed by atoms with E-state index in [1.165, 1.54) is 0 Å². The number of rotatable bonds is 5. The molecule has 0 saturated carbocycles. The van der Waals surface area contributed by atoms with Gasteiger partial charge in [-0.3, -0.25) is 4.79 Å². The summed E-state index contributed by atoms with van der Waals surface area (Å²) in [6.45, 7) is 7.74. The average Bonchev–Trinajstić information content (AvgIpc) is 2.50. The number of esters is 1. The smallest absolute Gasteiger partial charge is 0.320 e. The van der Waals surface area contributed by atoms with Gasteiger partial charge in [0, 0.05) is 13.2 Å². The Bertz CT molecular complexity index is 206. The highest BCUT2D eigenvalue weighted by Gasteiger charge is 2.23. The topological polar surface area (TPSA) is 47.6 Å². The normalized spacial score (nSPS) is 25.9. The Kier molecular flexibility index (Phi) is 5.05. The lowest BCUT2D eigenvalue weighted by Gasteiger charge is -2.14. The predicted molar refractivity (Wildman–Crippen MR) is 57.6 cm³/mol. The van der Waals surface area contributed by atoms with Crippen LogP contribution >= 0.6 is 0 Å². The zero-order valence-corrected chi connectivity index (χ0v) is 9.79. The van der Waals surface area contributed by atoms with Crippen LogP contribution in [0, 0.1) is 5.92 Å². The molecule has 0 spiro atoms. The van der Waals surface area contributed by atoms with Gasteiger partial charge in [0.25, 0.3) is 0 Å². The maximum Gasteiger partial charge on any atom is 0.320 e. The summed E-state index contributed by atoms with van der Waals surface area (Å²) >= 11 is 0. The molecule has 88 valence electrons. The van der Waals surface area contributed by atoms with Gasteiger partial charge in [-0.25, -0.2) is 0 Å². The van der Waals surface area contributed by atoms with Gasteiger partial charge in [-0.05, 0) is 33.1 Å². The molecule has 0 radical (unpaired) electrons. The number of nitrogens with one attached hydrogen (secondary N) is 1. The first-order valence-electron chi connectivity index (χ1n) is 5.61. The molecule has 0 aliphatic carbocycles. The van der Waals surface area contributed by atoms with E-state index in [9.17, 15) is 4.79 Å². The van der Waals surface area contributed by atoms with Crippen molar-refractivity contribution in [3.63, 3.8) is 0 Å². The zero-order chi connectivity index (χ0) is 11.3. The highest BCUT2D eigenvalue weighted by Crippen LogP contribution is 2.18. The third-order valence-electron chi connectivity index (χ3n) is 2.58. The minimum Gasteiger partial charge on any atom is -0.462 e. The molecule has 4 heteroatoms. The molecule has 0 amide bonds. The Morgan fingerprint density at radius 2 is 2.33 bits per heavy atom. The van der Waals surface area contributed by atoms with Crippen LogP contribution in [0.2, 0.25) is 0 Å². The molecular weight excluding hydrogens is 194 g/mol. The largest absolute Gasteiger partial charge is 0.462 e. The maximum absolute atomic E-state index is 11.2. The van der Waals surface area contributed by atoms with Crippen LogP contribution in [0.3, 0.4) is 0 Å². The Morgan fingerprint density at radius 1 is 1.60 bits per heavy atom. The fraction of sp³-hybridized carbons (Fsp3) is 0.909. The molecule has 15 heavy (non-hydrogen) atoms. The number of carbonyl (C=O) groups excluding carboxylic acids is 1. The Morgan fingerprint density at radius 3 is 2.87 bits per heavy atom. The lowest BCUT2D eigenvalue weighted by atomic mass is 10.0. The second kappa shape index (κ2) is 6.08. The summed E-state index contributed by atoms with van der Waals surface area (Å²) in [6, 6.07) is 0. The van der Waals surface area contributed by atoms with Crippen LogP contribution in [0.15, 0.2) is 0 Å². The predicted octanol–water partition coefficient (Wildman–Crippen LogP) is 0.953. The number of hydrogen-bond donors (Lipinski definition) is 1. The van der Waals surface area contributed by atoms with Crippen molar-refractivity contribution in [3.8, 4) is 0 Å². The van der Waals surface area contributed by atoms with Crippen LogP contribution < -0.4 is 5.32 Å². The molecule has 1 N–H and O–H groups in total. The summed E-state index contributed by atoms with van der Waals surface area (Å²) in [4.78, 5) is 11.2. The quantitative estimate of drug-likeness (QED) is 0.694. The average molecular weight is 215 g/mol. The van der Waals surface area contributed by atoms with Gasteiger partial charge in [-0.1, -0.05) is 0 Å². The molecule has 0 bridgehead atoms. The minimum atomic E-state index is -0.184. The van der Waals surface area contributed by atoms with Crippen molar-refractivity contribution in [3.05, 3.63) is 0 Å². The van der Waals surface area contributed by atoms with Gasteiger partial charge in [0.15, 0.2) is 0 Å². The van der Waals surface area contributed by atoms with Gasteiger partial charge in [-0.15, -0.1) is 0 Å². The molecule has 1 aliphatic rings. The van der Waals surface area contributed by atoms with Crippen LogP contribution in [0.5, 0.6) is 0 Å². The second-order valence-electron chi connectivity index (χ2n) is 4.29. The van der Waals surface area contributed by atoms with Crippen LogP contribution in [-0.4, -0.2) is 37.9 Å². The van der Waals surface area contributed by atoms with Gasteiger partial charge in [0.1, 0.15) is 0 Å². The van der Waals surface area contributed by atoms with E-state index < -0.39 is 0 Å². The first-order chi connectivity index (χ1) is 7.09. The van der Waals surface area contributed by atoms with E-state index in [1.807, 2.05) is 13.8 Å². The molecule has 0 aromatic heterocycles. The summed E-state index contributed by atoms with van der Waals surface area (Å²) in [7, 11) is 0. The van der Waals surface area contributed by atoms with E-state index in [1.54, 1.807) is 0 Å². The maximum atomic E-state index is 11.2. The van der Waals surface area contributed by atoms with Gasteiger partial charge in [0.2, 0.25) is 0 Å². The minimum absolute atomic E-state index is 0.0342. The lowest BCUT2D eigenvalue weighted by Crippen LogP contribution is -2.32. The van der Waals surface area contributed by atoms with Crippen molar-refractivity contribution >= 4 is 5.97 Å². The highest BCUT2D eigenvalue weighted by molar-refractivity contribution is 5.71. The molecule has 2 atom stereocenters. The van der Waals surface area contributed by atoms with Gasteiger partial charge >= 0.3 is 5.97 Å². The molecule has 1 saturated heterocycles. The van der Waals surface area contributed by atoms with Gasteiger partial charge in [-0.2, -0.15) is 0 Å². The summed E-state index contributed by atoms with van der Waals surface area (Å²) in [5, 5.41) is 3.11. The molecule has 0 aromatic rings. The third-order valence-corrected chi connectivity index (χ3v) is 2.58. The van der Waals surface area contributed by atoms with E-state index in [2.05, 4.69) is 12.2 Å². The van der Waals surface area contributed by atoms with Crippen molar-refractivity contribution in [2.45, 2.75) is 39.4 Å². The number of hydrogen-bond acceptors (Lipinski definition) is 4. The fourth-order valence-electron chi connectivity index (χ4n) is 1.71. The fourth-order valence-corrected chi connectivity index (χ4v) is 1.71. The zero-order valence-electron chi connectivity index (χ0n) is 9.79. The van der Waals surface area contributed by atoms with Crippen molar-refractivity contribution in [1.82, 2.24) is 5.32 Å². The molecule has 1 heterocycles. The highest BCUT2D eigenvalue weighted by atomic mass is 16.5. The molecule has 2 unspecified atom stereocenters. The second-order valence-corrected chi connectivity index (χ2v) is 4.29. The summed E-state index contributed by atoms with van der Waals surface area (Å²) in [5.74, 6) is 0.341. The Hall–Kier alpha value is -0.610. The monoisotopic (exact) mass is 215 g/mol. The third kappa shape index (κ3) is 4.62. The summed E-state index contributed by atoms with van der Waals surface area (Å²) < 4.78 is 10.4. The molecule has 1 fully saturated rings. The standard InChI is InChI=1S/C11H21NO3/c1-8(2)15-11(13)7-12-6-10-4-5-14-9(10)3/h8-10,12H,4-7H2,1-3H3. The van der Waals surface area contributed by atoms with Crippen LogP contribution in [-0.2, 0) is 14.3 Å².